The zero-order valence-corrected chi connectivity index (χ0v) is 14.7. The number of halogens is 1. The zero-order chi connectivity index (χ0) is 18.1. The van der Waals surface area contributed by atoms with Gasteiger partial charge in [-0.2, -0.15) is 5.10 Å². The van der Waals surface area contributed by atoms with Gasteiger partial charge in [0.1, 0.15) is 5.56 Å². The van der Waals surface area contributed by atoms with Crippen molar-refractivity contribution >= 4 is 50.8 Å². The van der Waals surface area contributed by atoms with E-state index in [1.807, 2.05) is 24.3 Å². The van der Waals surface area contributed by atoms with Gasteiger partial charge in [-0.25, -0.2) is 4.79 Å². The number of aromatic amines is 1. The summed E-state index contributed by atoms with van der Waals surface area (Å²) in [5, 5.41) is 12.7. The van der Waals surface area contributed by atoms with Crippen molar-refractivity contribution in [3.63, 3.8) is 0 Å². The molecule has 2 N–H and O–H groups in total. The molecule has 0 aliphatic carbocycles. The van der Waals surface area contributed by atoms with Crippen LogP contribution in [0.4, 0.5) is 11.4 Å². The average molecular weight is 367 g/mol. The van der Waals surface area contributed by atoms with Gasteiger partial charge in [-0.3, -0.25) is 10.1 Å². The van der Waals surface area contributed by atoms with E-state index < -0.39 is 5.97 Å². The first-order valence-corrected chi connectivity index (χ1v) is 8.49. The molecular weight excluding hydrogens is 352 g/mol. The predicted octanol–water partition coefficient (Wildman–Crippen LogP) is 4.68. The van der Waals surface area contributed by atoms with E-state index in [9.17, 15) is 4.79 Å². The lowest BCUT2D eigenvalue weighted by molar-refractivity contribution is 0.0527. The SMILES string of the molecule is CCOC(=O)c1cnc2cc(Cl)ccc2c1Nc1ccc2cn[nH]c2c1. The van der Waals surface area contributed by atoms with Crippen LogP contribution in [-0.2, 0) is 4.74 Å². The molecule has 2 heterocycles. The van der Waals surface area contributed by atoms with Gasteiger partial charge in [0.15, 0.2) is 0 Å². The van der Waals surface area contributed by atoms with Crippen LogP contribution in [0.3, 0.4) is 0 Å². The van der Waals surface area contributed by atoms with Crippen LogP contribution in [-0.4, -0.2) is 27.8 Å². The first-order valence-electron chi connectivity index (χ1n) is 8.11. The standard InChI is InChI=1S/C19H15ClN4O2/c1-2-26-19(25)15-10-21-17-7-12(20)4-6-14(17)18(15)23-13-5-3-11-9-22-24-16(11)8-13/h3-10H,2H2,1H3,(H,21,23)(H,22,24). The van der Waals surface area contributed by atoms with Crippen molar-refractivity contribution in [2.24, 2.45) is 0 Å². The summed E-state index contributed by atoms with van der Waals surface area (Å²) in [4.78, 5) is 16.7. The van der Waals surface area contributed by atoms with Crippen molar-refractivity contribution in [2.75, 3.05) is 11.9 Å². The minimum atomic E-state index is -0.429. The fraction of sp³-hybridized carbons (Fsp3) is 0.105. The van der Waals surface area contributed by atoms with Gasteiger partial charge in [0.05, 0.1) is 29.5 Å². The molecule has 0 aliphatic rings. The molecule has 0 unspecified atom stereocenters. The summed E-state index contributed by atoms with van der Waals surface area (Å²) in [6, 6.07) is 11.2. The minimum Gasteiger partial charge on any atom is -0.462 e. The summed E-state index contributed by atoms with van der Waals surface area (Å²) in [5.74, 6) is -0.429. The number of aromatic nitrogens is 3. The van der Waals surface area contributed by atoms with Gasteiger partial charge < -0.3 is 10.1 Å². The van der Waals surface area contributed by atoms with E-state index in [2.05, 4.69) is 20.5 Å². The van der Waals surface area contributed by atoms with Crippen molar-refractivity contribution in [1.82, 2.24) is 15.2 Å². The first-order chi connectivity index (χ1) is 12.7. The number of nitrogens with one attached hydrogen (secondary N) is 2. The van der Waals surface area contributed by atoms with Gasteiger partial charge in [0.2, 0.25) is 0 Å². The molecule has 26 heavy (non-hydrogen) atoms. The molecule has 2 aromatic carbocycles. The van der Waals surface area contributed by atoms with Crippen LogP contribution in [0.2, 0.25) is 5.02 Å². The van der Waals surface area contributed by atoms with Gasteiger partial charge in [0.25, 0.3) is 0 Å². The fourth-order valence-corrected chi connectivity index (χ4v) is 2.99. The molecule has 0 bridgehead atoms. The minimum absolute atomic E-state index is 0.289. The Kier molecular flexibility index (Phi) is 4.18. The summed E-state index contributed by atoms with van der Waals surface area (Å²) < 4.78 is 5.18. The van der Waals surface area contributed by atoms with Crippen LogP contribution in [0, 0.1) is 0 Å². The highest BCUT2D eigenvalue weighted by atomic mass is 35.5. The van der Waals surface area contributed by atoms with Crippen LogP contribution >= 0.6 is 11.6 Å². The topological polar surface area (TPSA) is 79.9 Å². The maximum atomic E-state index is 12.4. The number of hydrogen-bond donors (Lipinski definition) is 2. The summed E-state index contributed by atoms with van der Waals surface area (Å²) in [6.07, 6.45) is 3.26. The van der Waals surface area contributed by atoms with Gasteiger partial charge >= 0.3 is 5.97 Å². The molecule has 4 aromatic rings. The molecule has 130 valence electrons. The third kappa shape index (κ3) is 2.95. The Labute approximate surface area is 154 Å². The van der Waals surface area contributed by atoms with E-state index in [0.29, 0.717) is 21.8 Å². The van der Waals surface area contributed by atoms with E-state index in [1.165, 1.54) is 6.20 Å². The van der Waals surface area contributed by atoms with Gasteiger partial charge in [-0.05, 0) is 43.3 Å². The van der Waals surface area contributed by atoms with E-state index >= 15 is 0 Å². The second kappa shape index (κ2) is 6.65. The number of fused-ring (bicyclic) bond motifs is 2. The largest absolute Gasteiger partial charge is 0.462 e. The van der Waals surface area contributed by atoms with Crippen molar-refractivity contribution in [3.05, 3.63) is 59.4 Å². The van der Waals surface area contributed by atoms with Gasteiger partial charge in [-0.1, -0.05) is 11.6 Å². The number of carbonyl (C=O) groups is 1. The smallest absolute Gasteiger partial charge is 0.341 e. The molecule has 0 radical (unpaired) electrons. The third-order valence-corrected chi connectivity index (χ3v) is 4.27. The Bertz CT molecular complexity index is 1120. The Morgan fingerprint density at radius 1 is 1.23 bits per heavy atom. The Morgan fingerprint density at radius 2 is 2.12 bits per heavy atom. The van der Waals surface area contributed by atoms with Crippen molar-refractivity contribution in [2.45, 2.75) is 6.92 Å². The Balaban J connectivity index is 1.86. The number of hydrogen-bond acceptors (Lipinski definition) is 5. The lowest BCUT2D eigenvalue weighted by Gasteiger charge is -2.14. The molecule has 4 rings (SSSR count). The third-order valence-electron chi connectivity index (χ3n) is 4.04. The number of pyridine rings is 1. The molecular formula is C19H15ClN4O2. The molecule has 0 saturated heterocycles. The molecule has 0 fully saturated rings. The highest BCUT2D eigenvalue weighted by molar-refractivity contribution is 6.31. The number of rotatable bonds is 4. The van der Waals surface area contributed by atoms with Gasteiger partial charge in [-0.15, -0.1) is 0 Å². The average Bonchev–Trinajstić information content (AvgIpc) is 3.09. The molecule has 2 aromatic heterocycles. The van der Waals surface area contributed by atoms with E-state index in [4.69, 9.17) is 16.3 Å². The van der Waals surface area contributed by atoms with Crippen LogP contribution in [0.5, 0.6) is 0 Å². The second-order valence-electron chi connectivity index (χ2n) is 5.73. The lowest BCUT2D eigenvalue weighted by atomic mass is 10.1. The molecule has 0 spiro atoms. The fourth-order valence-electron chi connectivity index (χ4n) is 2.82. The van der Waals surface area contributed by atoms with Crippen molar-refractivity contribution < 1.29 is 9.53 Å². The molecule has 0 aliphatic heterocycles. The monoisotopic (exact) mass is 366 g/mol. The normalized spacial score (nSPS) is 11.0. The number of H-pyrrole nitrogens is 1. The maximum absolute atomic E-state index is 12.4. The van der Waals surface area contributed by atoms with E-state index in [1.54, 1.807) is 25.3 Å². The molecule has 0 amide bonds. The number of ether oxygens (including phenoxy) is 1. The van der Waals surface area contributed by atoms with E-state index in [0.717, 1.165) is 22.0 Å². The number of anilines is 2. The predicted molar refractivity (Wildman–Crippen MR) is 102 cm³/mol. The number of carbonyl (C=O) groups excluding carboxylic acids is 1. The second-order valence-corrected chi connectivity index (χ2v) is 6.16. The van der Waals surface area contributed by atoms with Crippen LogP contribution in [0.15, 0.2) is 48.8 Å². The maximum Gasteiger partial charge on any atom is 0.341 e. The summed E-state index contributed by atoms with van der Waals surface area (Å²) in [6.45, 7) is 2.06. The van der Waals surface area contributed by atoms with E-state index in [-0.39, 0.29) is 6.61 Å². The van der Waals surface area contributed by atoms with Crippen molar-refractivity contribution in [1.29, 1.82) is 0 Å². The van der Waals surface area contributed by atoms with Crippen molar-refractivity contribution in [3.8, 4) is 0 Å². The summed E-state index contributed by atoms with van der Waals surface area (Å²) in [7, 11) is 0. The molecule has 0 saturated carbocycles. The highest BCUT2D eigenvalue weighted by Gasteiger charge is 2.17. The highest BCUT2D eigenvalue weighted by Crippen LogP contribution is 2.32. The van der Waals surface area contributed by atoms with Crippen LogP contribution in [0.25, 0.3) is 21.8 Å². The molecule has 0 atom stereocenters. The quantitative estimate of drug-likeness (QED) is 0.512. The lowest BCUT2D eigenvalue weighted by Crippen LogP contribution is -2.09. The molecule has 7 heteroatoms. The number of nitrogens with zero attached hydrogens (tertiary/aromatic N) is 2. The molecule has 6 nitrogen and oxygen atoms in total. The zero-order valence-electron chi connectivity index (χ0n) is 13.9. The Morgan fingerprint density at radius 3 is 2.96 bits per heavy atom. The Hall–Kier alpha value is -3.12. The summed E-state index contributed by atoms with van der Waals surface area (Å²) in [5.41, 5.74) is 3.40. The number of benzene rings is 2. The first kappa shape index (κ1) is 16.4. The van der Waals surface area contributed by atoms with Gasteiger partial charge in [0, 0.05) is 27.7 Å². The summed E-state index contributed by atoms with van der Waals surface area (Å²) >= 11 is 6.07. The van der Waals surface area contributed by atoms with Crippen LogP contribution in [0.1, 0.15) is 17.3 Å². The van der Waals surface area contributed by atoms with Crippen LogP contribution < -0.4 is 5.32 Å². The number of esters is 1.